The van der Waals surface area contributed by atoms with Crippen LogP contribution in [0.1, 0.15) is 46.0 Å². The van der Waals surface area contributed by atoms with Gasteiger partial charge in [0.25, 0.3) is 0 Å². The van der Waals surface area contributed by atoms with Gasteiger partial charge >= 0.3 is 0 Å². The first-order valence-corrected chi connectivity index (χ1v) is 7.54. The average molecular weight is 237 g/mol. The van der Waals surface area contributed by atoms with Gasteiger partial charge in [0.15, 0.2) is 0 Å². The Morgan fingerprint density at radius 3 is 2.35 bits per heavy atom. The summed E-state index contributed by atoms with van der Waals surface area (Å²) in [5.41, 5.74) is 0.759. The highest BCUT2D eigenvalue weighted by molar-refractivity contribution is 4.99. The van der Waals surface area contributed by atoms with E-state index in [0.717, 1.165) is 36.5 Å². The molecule has 0 amide bonds. The van der Waals surface area contributed by atoms with Gasteiger partial charge in [-0.3, -0.25) is 4.90 Å². The van der Waals surface area contributed by atoms with Crippen molar-refractivity contribution in [1.82, 2.24) is 4.90 Å². The Morgan fingerprint density at radius 2 is 1.88 bits per heavy atom. The lowest BCUT2D eigenvalue weighted by molar-refractivity contribution is -0.102. The van der Waals surface area contributed by atoms with Crippen molar-refractivity contribution in [2.24, 2.45) is 17.3 Å². The summed E-state index contributed by atoms with van der Waals surface area (Å²) in [7, 11) is 0. The Kier molecular flexibility index (Phi) is 3.20. The maximum absolute atomic E-state index is 5.30. The molecule has 0 aromatic carbocycles. The molecule has 0 N–H and O–H groups in total. The zero-order chi connectivity index (χ0) is 11.9. The van der Waals surface area contributed by atoms with Crippen LogP contribution in [0.2, 0.25) is 0 Å². The van der Waals surface area contributed by atoms with Crippen LogP contribution in [0.15, 0.2) is 0 Å². The zero-order valence-electron chi connectivity index (χ0n) is 11.5. The molecule has 1 unspecified atom stereocenters. The van der Waals surface area contributed by atoms with Crippen molar-refractivity contribution in [3.05, 3.63) is 0 Å². The molecule has 0 bridgehead atoms. The number of likely N-dealkylation sites (tertiary alicyclic amines) is 1. The van der Waals surface area contributed by atoms with E-state index in [-0.39, 0.29) is 0 Å². The molecule has 2 heteroatoms. The summed E-state index contributed by atoms with van der Waals surface area (Å²) in [5, 5.41) is 0. The number of nitrogens with zero attached hydrogens (tertiary/aromatic N) is 1. The van der Waals surface area contributed by atoms with Crippen LogP contribution in [0.3, 0.4) is 0 Å². The second kappa shape index (κ2) is 4.55. The second-order valence-corrected chi connectivity index (χ2v) is 6.78. The molecule has 1 saturated carbocycles. The molecular formula is C15H27NO. The van der Waals surface area contributed by atoms with E-state index in [2.05, 4.69) is 18.7 Å². The van der Waals surface area contributed by atoms with Crippen LogP contribution < -0.4 is 0 Å². The number of hydrogen-bond donors (Lipinski definition) is 0. The molecule has 2 saturated heterocycles. The summed E-state index contributed by atoms with van der Waals surface area (Å²) in [6, 6.07) is 0.762. The van der Waals surface area contributed by atoms with Gasteiger partial charge in [-0.25, -0.2) is 0 Å². The highest BCUT2D eigenvalue weighted by Crippen LogP contribution is 2.55. The minimum atomic E-state index is 0.759. The topological polar surface area (TPSA) is 12.5 Å². The molecule has 1 spiro atoms. The Hall–Kier alpha value is -0.0800. The normalized spacial score (nSPS) is 32.1. The fourth-order valence-electron chi connectivity index (χ4n) is 3.99. The highest BCUT2D eigenvalue weighted by atomic mass is 16.5. The van der Waals surface area contributed by atoms with E-state index in [0.29, 0.717) is 0 Å². The molecular weight excluding hydrogens is 210 g/mol. The first-order valence-electron chi connectivity index (χ1n) is 7.54. The van der Waals surface area contributed by atoms with Crippen LogP contribution in [0, 0.1) is 17.3 Å². The van der Waals surface area contributed by atoms with E-state index in [1.165, 1.54) is 45.2 Å². The van der Waals surface area contributed by atoms with E-state index >= 15 is 0 Å². The fourth-order valence-corrected chi connectivity index (χ4v) is 3.99. The lowest BCUT2D eigenvalue weighted by atomic mass is 9.54. The lowest BCUT2D eigenvalue weighted by Crippen LogP contribution is -2.55. The van der Waals surface area contributed by atoms with Gasteiger partial charge in [-0.1, -0.05) is 20.3 Å². The number of hydrogen-bond acceptors (Lipinski definition) is 2. The standard InChI is InChI=1S/C15H27NO/c1-3-12(2)13-8-15(9-13)4-6-16(7-5-15)14-10-17-11-14/h12-14H,3-11H2,1-2H3. The van der Waals surface area contributed by atoms with Gasteiger partial charge in [-0.15, -0.1) is 0 Å². The van der Waals surface area contributed by atoms with Crippen LogP contribution in [0.4, 0.5) is 0 Å². The minimum Gasteiger partial charge on any atom is -0.378 e. The zero-order valence-corrected chi connectivity index (χ0v) is 11.5. The van der Waals surface area contributed by atoms with Crippen molar-refractivity contribution >= 4 is 0 Å². The Bertz CT molecular complexity index is 258. The molecule has 0 aromatic rings. The largest absolute Gasteiger partial charge is 0.378 e. The number of ether oxygens (including phenoxy) is 1. The van der Waals surface area contributed by atoms with Crippen molar-refractivity contribution in [3.8, 4) is 0 Å². The van der Waals surface area contributed by atoms with Gasteiger partial charge in [0, 0.05) is 0 Å². The SMILES string of the molecule is CCC(C)C1CC2(CCN(C3COC3)CC2)C1. The van der Waals surface area contributed by atoms with E-state index < -0.39 is 0 Å². The highest BCUT2D eigenvalue weighted by Gasteiger charge is 2.47. The Morgan fingerprint density at radius 1 is 1.24 bits per heavy atom. The van der Waals surface area contributed by atoms with Crippen molar-refractivity contribution < 1.29 is 4.74 Å². The molecule has 3 fully saturated rings. The van der Waals surface area contributed by atoms with Crippen LogP contribution in [-0.4, -0.2) is 37.2 Å². The van der Waals surface area contributed by atoms with Crippen molar-refractivity contribution in [2.75, 3.05) is 26.3 Å². The summed E-state index contributed by atoms with van der Waals surface area (Å²) >= 11 is 0. The molecule has 3 rings (SSSR count). The van der Waals surface area contributed by atoms with Gasteiger partial charge in [0.2, 0.25) is 0 Å². The predicted molar refractivity (Wildman–Crippen MR) is 70.0 cm³/mol. The quantitative estimate of drug-likeness (QED) is 0.748. The third-order valence-corrected chi connectivity index (χ3v) is 5.83. The molecule has 1 aliphatic carbocycles. The van der Waals surface area contributed by atoms with Crippen LogP contribution in [0.25, 0.3) is 0 Å². The molecule has 17 heavy (non-hydrogen) atoms. The third kappa shape index (κ3) is 2.15. The molecule has 2 aliphatic heterocycles. The number of piperidine rings is 1. The molecule has 2 nitrogen and oxygen atoms in total. The Labute approximate surface area is 106 Å². The summed E-state index contributed by atoms with van der Waals surface area (Å²) in [6.45, 7) is 9.43. The van der Waals surface area contributed by atoms with Gasteiger partial charge in [0.1, 0.15) is 0 Å². The summed E-state index contributed by atoms with van der Waals surface area (Å²) < 4.78 is 5.30. The molecule has 3 aliphatic rings. The fraction of sp³-hybridized carbons (Fsp3) is 1.00. The first-order chi connectivity index (χ1) is 8.22. The van der Waals surface area contributed by atoms with Crippen LogP contribution >= 0.6 is 0 Å². The average Bonchev–Trinajstić information content (AvgIpc) is 2.24. The molecule has 1 atom stereocenters. The van der Waals surface area contributed by atoms with E-state index in [4.69, 9.17) is 4.74 Å². The molecule has 98 valence electrons. The van der Waals surface area contributed by atoms with E-state index in [9.17, 15) is 0 Å². The minimum absolute atomic E-state index is 0.759. The molecule has 2 heterocycles. The number of rotatable bonds is 3. The molecule has 0 aromatic heterocycles. The smallest absolute Gasteiger partial charge is 0.0645 e. The Balaban J connectivity index is 1.46. The molecule has 0 radical (unpaired) electrons. The summed E-state index contributed by atoms with van der Waals surface area (Å²) in [6.07, 6.45) is 7.33. The van der Waals surface area contributed by atoms with Crippen molar-refractivity contribution in [1.29, 1.82) is 0 Å². The van der Waals surface area contributed by atoms with Crippen molar-refractivity contribution in [3.63, 3.8) is 0 Å². The maximum Gasteiger partial charge on any atom is 0.0645 e. The van der Waals surface area contributed by atoms with Gasteiger partial charge in [-0.2, -0.15) is 0 Å². The van der Waals surface area contributed by atoms with Gasteiger partial charge in [0.05, 0.1) is 19.3 Å². The summed E-state index contributed by atoms with van der Waals surface area (Å²) in [4.78, 5) is 2.67. The van der Waals surface area contributed by atoms with E-state index in [1.54, 1.807) is 0 Å². The van der Waals surface area contributed by atoms with Gasteiger partial charge in [-0.05, 0) is 56.0 Å². The van der Waals surface area contributed by atoms with Crippen LogP contribution in [0.5, 0.6) is 0 Å². The van der Waals surface area contributed by atoms with Gasteiger partial charge < -0.3 is 4.74 Å². The third-order valence-electron chi connectivity index (χ3n) is 5.83. The van der Waals surface area contributed by atoms with E-state index in [1.807, 2.05) is 0 Å². The maximum atomic E-state index is 5.30. The first kappa shape index (κ1) is 12.0. The second-order valence-electron chi connectivity index (χ2n) is 6.78. The lowest BCUT2D eigenvalue weighted by Gasteiger charge is -2.55. The van der Waals surface area contributed by atoms with Crippen LogP contribution in [-0.2, 0) is 4.74 Å². The van der Waals surface area contributed by atoms with Crippen molar-refractivity contribution in [2.45, 2.75) is 52.0 Å². The summed E-state index contributed by atoms with van der Waals surface area (Å²) in [5.74, 6) is 2.00. The monoisotopic (exact) mass is 237 g/mol. The predicted octanol–water partition coefficient (Wildman–Crippen LogP) is 2.92.